The maximum absolute atomic E-state index is 13.1. The van der Waals surface area contributed by atoms with Gasteiger partial charge in [-0.2, -0.15) is 0 Å². The summed E-state index contributed by atoms with van der Waals surface area (Å²) in [5.74, 6) is 1.11. The van der Waals surface area contributed by atoms with E-state index in [1.165, 1.54) is 17.7 Å². The van der Waals surface area contributed by atoms with Crippen molar-refractivity contribution in [1.82, 2.24) is 14.8 Å². The minimum Gasteiger partial charge on any atom is -0.492 e. The van der Waals surface area contributed by atoms with E-state index in [1.807, 2.05) is 24.4 Å². The largest absolute Gasteiger partial charge is 0.492 e. The normalized spacial score (nSPS) is 16.1. The molecule has 2 heterocycles. The molecule has 1 atom stereocenters. The molecule has 0 aliphatic carbocycles. The molecule has 0 radical (unpaired) electrons. The van der Waals surface area contributed by atoms with Gasteiger partial charge in [0.2, 0.25) is 0 Å². The second-order valence-corrected chi connectivity index (χ2v) is 10.0. The van der Waals surface area contributed by atoms with Crippen molar-refractivity contribution >= 4 is 11.6 Å². The molecule has 6 heteroatoms. The van der Waals surface area contributed by atoms with Crippen LogP contribution in [0.1, 0.15) is 44.0 Å². The Morgan fingerprint density at radius 3 is 2.37 bits per heavy atom. The van der Waals surface area contributed by atoms with Gasteiger partial charge in [-0.1, -0.05) is 29.8 Å². The monoisotopic (exact) mass is 495 g/mol. The summed E-state index contributed by atoms with van der Waals surface area (Å²) in [7, 11) is 0. The summed E-state index contributed by atoms with van der Waals surface area (Å²) >= 11 is 6.19. The van der Waals surface area contributed by atoms with Crippen LogP contribution in [0.15, 0.2) is 72.9 Å². The van der Waals surface area contributed by atoms with Crippen molar-refractivity contribution in [2.24, 2.45) is 5.92 Å². The molecule has 4 rings (SSSR count). The molecule has 0 N–H and O–H groups in total. The van der Waals surface area contributed by atoms with Gasteiger partial charge in [0.1, 0.15) is 18.2 Å². The molecule has 4 nitrogen and oxygen atoms in total. The van der Waals surface area contributed by atoms with Crippen LogP contribution in [-0.4, -0.2) is 53.6 Å². The molecule has 0 spiro atoms. The van der Waals surface area contributed by atoms with Crippen LogP contribution >= 0.6 is 11.6 Å². The van der Waals surface area contributed by atoms with Crippen molar-refractivity contribution in [1.29, 1.82) is 0 Å². The number of piperidine rings is 1. The molecule has 1 aromatic heterocycles. The molecule has 1 aliphatic rings. The van der Waals surface area contributed by atoms with E-state index in [0.29, 0.717) is 18.6 Å². The molecular formula is C29H35ClFN3O. The maximum atomic E-state index is 13.1. The second-order valence-electron chi connectivity index (χ2n) is 9.59. The smallest absolute Gasteiger partial charge is 0.123 e. The number of benzene rings is 2. The number of nitrogens with zero attached hydrogens (tertiary/aromatic N) is 3. The average Bonchev–Trinajstić information content (AvgIpc) is 2.87. The van der Waals surface area contributed by atoms with Crippen molar-refractivity contribution in [3.63, 3.8) is 0 Å². The summed E-state index contributed by atoms with van der Waals surface area (Å²) in [6.45, 7) is 9.21. The molecule has 0 bridgehead atoms. The molecule has 2 aromatic carbocycles. The van der Waals surface area contributed by atoms with Crippen molar-refractivity contribution in [3.8, 4) is 5.75 Å². The van der Waals surface area contributed by atoms with Gasteiger partial charge in [0.05, 0.1) is 11.7 Å². The van der Waals surface area contributed by atoms with Gasteiger partial charge in [-0.3, -0.25) is 14.8 Å². The second kappa shape index (κ2) is 12.5. The molecule has 0 amide bonds. The first kappa shape index (κ1) is 25.6. The Morgan fingerprint density at radius 2 is 1.74 bits per heavy atom. The number of rotatable bonds is 10. The van der Waals surface area contributed by atoms with Gasteiger partial charge in [0, 0.05) is 30.4 Å². The topological polar surface area (TPSA) is 28.6 Å². The summed E-state index contributed by atoms with van der Waals surface area (Å²) in [5.41, 5.74) is 2.29. The Labute approximate surface area is 213 Å². The fourth-order valence-corrected chi connectivity index (χ4v) is 4.97. The lowest BCUT2D eigenvalue weighted by Crippen LogP contribution is -2.43. The van der Waals surface area contributed by atoms with E-state index in [0.717, 1.165) is 55.5 Å². The third-order valence-corrected chi connectivity index (χ3v) is 7.07. The van der Waals surface area contributed by atoms with Gasteiger partial charge in [-0.15, -0.1) is 0 Å². The van der Waals surface area contributed by atoms with Crippen LogP contribution in [-0.2, 0) is 0 Å². The Hall–Kier alpha value is -2.47. The molecule has 1 aliphatic heterocycles. The highest BCUT2D eigenvalue weighted by Gasteiger charge is 2.29. The lowest BCUT2D eigenvalue weighted by atomic mass is 9.93. The zero-order valence-electron chi connectivity index (χ0n) is 20.6. The Balaban J connectivity index is 1.36. The highest BCUT2D eigenvalue weighted by Crippen LogP contribution is 2.32. The van der Waals surface area contributed by atoms with Gasteiger partial charge < -0.3 is 4.74 Å². The van der Waals surface area contributed by atoms with E-state index < -0.39 is 0 Å². The Kier molecular flexibility index (Phi) is 9.13. The van der Waals surface area contributed by atoms with E-state index in [2.05, 4.69) is 47.9 Å². The first-order valence-corrected chi connectivity index (χ1v) is 12.9. The van der Waals surface area contributed by atoms with Gasteiger partial charge in [0.25, 0.3) is 0 Å². The van der Waals surface area contributed by atoms with Gasteiger partial charge >= 0.3 is 0 Å². The quantitative estimate of drug-likeness (QED) is 0.322. The standard InChI is InChI=1S/C29H35ClFN3O/c1-22(2)34(29(28-5-3-4-16-32-28)24-6-8-25(30)9-7-24)21-23-14-17-33(18-15-23)19-20-35-27-12-10-26(31)11-13-27/h3-13,16,22-23,29H,14-15,17-21H2,1-2H3/t29-/m0/s1. The lowest BCUT2D eigenvalue weighted by molar-refractivity contribution is 0.0983. The first-order valence-electron chi connectivity index (χ1n) is 12.5. The van der Waals surface area contributed by atoms with Crippen LogP contribution < -0.4 is 4.74 Å². The van der Waals surface area contributed by atoms with Crippen LogP contribution in [0, 0.1) is 11.7 Å². The van der Waals surface area contributed by atoms with E-state index >= 15 is 0 Å². The number of ether oxygens (including phenoxy) is 1. The Bertz CT molecular complexity index is 1020. The summed E-state index contributed by atoms with van der Waals surface area (Å²) in [5, 5.41) is 0.750. The predicted octanol–water partition coefficient (Wildman–Crippen LogP) is 6.46. The molecule has 0 unspecified atom stereocenters. The van der Waals surface area contributed by atoms with Crippen molar-refractivity contribution in [2.45, 2.75) is 38.8 Å². The molecule has 0 saturated carbocycles. The van der Waals surface area contributed by atoms with Gasteiger partial charge in [0.15, 0.2) is 0 Å². The number of hydrogen-bond acceptors (Lipinski definition) is 4. The minimum absolute atomic E-state index is 0.0932. The number of likely N-dealkylation sites (tertiary alicyclic amines) is 1. The molecule has 186 valence electrons. The summed E-state index contributed by atoms with van der Waals surface area (Å²) in [6.07, 6.45) is 4.20. The number of aromatic nitrogens is 1. The fourth-order valence-electron chi connectivity index (χ4n) is 4.84. The van der Waals surface area contributed by atoms with Gasteiger partial charge in [-0.25, -0.2) is 4.39 Å². The molecule has 1 saturated heterocycles. The zero-order valence-corrected chi connectivity index (χ0v) is 21.4. The minimum atomic E-state index is -0.240. The van der Waals surface area contributed by atoms with E-state index in [4.69, 9.17) is 21.3 Å². The van der Waals surface area contributed by atoms with Crippen molar-refractivity contribution < 1.29 is 9.13 Å². The summed E-state index contributed by atoms with van der Waals surface area (Å²) < 4.78 is 18.9. The lowest BCUT2D eigenvalue weighted by Gasteiger charge is -2.40. The van der Waals surface area contributed by atoms with E-state index in [9.17, 15) is 4.39 Å². The zero-order chi connectivity index (χ0) is 24.6. The molecule has 3 aromatic rings. The fraction of sp³-hybridized carbons (Fsp3) is 0.414. The van der Waals surface area contributed by atoms with E-state index in [1.54, 1.807) is 12.1 Å². The first-order chi connectivity index (χ1) is 17.0. The van der Waals surface area contributed by atoms with Crippen molar-refractivity contribution in [3.05, 3.63) is 95.0 Å². The Morgan fingerprint density at radius 1 is 1.03 bits per heavy atom. The van der Waals surface area contributed by atoms with E-state index in [-0.39, 0.29) is 11.9 Å². The number of hydrogen-bond donors (Lipinski definition) is 0. The number of pyridine rings is 1. The number of halogens is 2. The maximum Gasteiger partial charge on any atom is 0.123 e. The summed E-state index contributed by atoms with van der Waals surface area (Å²) in [6, 6.07) is 21.0. The van der Waals surface area contributed by atoms with Gasteiger partial charge in [-0.05, 0) is 99.8 Å². The molecule has 35 heavy (non-hydrogen) atoms. The molecule has 1 fully saturated rings. The highest BCUT2D eigenvalue weighted by molar-refractivity contribution is 6.30. The highest BCUT2D eigenvalue weighted by atomic mass is 35.5. The predicted molar refractivity (Wildman–Crippen MR) is 140 cm³/mol. The van der Waals surface area contributed by atoms with Crippen LogP contribution in [0.5, 0.6) is 5.75 Å². The van der Waals surface area contributed by atoms with Crippen LogP contribution in [0.25, 0.3) is 0 Å². The molecular weight excluding hydrogens is 461 g/mol. The average molecular weight is 496 g/mol. The van der Waals surface area contributed by atoms with Crippen LogP contribution in [0.3, 0.4) is 0 Å². The SMILES string of the molecule is CC(C)N(CC1CCN(CCOc2ccc(F)cc2)CC1)[C@@H](c1ccc(Cl)cc1)c1ccccn1. The van der Waals surface area contributed by atoms with Crippen LogP contribution in [0.4, 0.5) is 4.39 Å². The van der Waals surface area contributed by atoms with Crippen molar-refractivity contribution in [2.75, 3.05) is 32.8 Å². The third kappa shape index (κ3) is 7.26. The van der Waals surface area contributed by atoms with Crippen LogP contribution in [0.2, 0.25) is 5.02 Å². The summed E-state index contributed by atoms with van der Waals surface area (Å²) in [4.78, 5) is 9.79. The third-order valence-electron chi connectivity index (χ3n) is 6.81.